The Morgan fingerprint density at radius 1 is 1.05 bits per heavy atom. The van der Waals surface area contributed by atoms with E-state index in [9.17, 15) is 19.2 Å². The van der Waals surface area contributed by atoms with Gasteiger partial charge >= 0.3 is 12.0 Å². The summed E-state index contributed by atoms with van der Waals surface area (Å²) >= 11 is 0. The fourth-order valence-electron chi connectivity index (χ4n) is 4.28. The van der Waals surface area contributed by atoms with Crippen LogP contribution < -0.4 is 10.6 Å². The fourth-order valence-corrected chi connectivity index (χ4v) is 4.28. The van der Waals surface area contributed by atoms with Gasteiger partial charge in [0.1, 0.15) is 18.0 Å². The molecule has 38 heavy (non-hydrogen) atoms. The van der Waals surface area contributed by atoms with Gasteiger partial charge in [0.15, 0.2) is 0 Å². The van der Waals surface area contributed by atoms with Crippen LogP contribution in [0.3, 0.4) is 0 Å². The van der Waals surface area contributed by atoms with E-state index in [-0.39, 0.29) is 11.5 Å². The number of nitrogens with one attached hydrogen (secondary N) is 2. The number of fused-ring (bicyclic) bond motifs is 1. The number of imide groups is 1. The number of aryl methyl sites for hydroxylation is 1. The lowest BCUT2D eigenvalue weighted by Crippen LogP contribution is -2.38. The van der Waals surface area contributed by atoms with E-state index in [0.717, 1.165) is 21.4 Å². The van der Waals surface area contributed by atoms with Crippen molar-refractivity contribution >= 4 is 46.5 Å². The molecule has 10 heteroatoms. The van der Waals surface area contributed by atoms with Crippen molar-refractivity contribution in [2.45, 2.75) is 13.5 Å². The Balaban J connectivity index is 1.37. The zero-order chi connectivity index (χ0) is 26.8. The Morgan fingerprint density at radius 2 is 1.82 bits per heavy atom. The predicted octanol–water partition coefficient (Wildman–Crippen LogP) is 3.91. The third kappa shape index (κ3) is 4.79. The summed E-state index contributed by atoms with van der Waals surface area (Å²) in [5.74, 6) is -0.994. The number of rotatable bonds is 7. The molecular formula is C28H24N4O6. The molecule has 0 radical (unpaired) electrons. The second-order valence-electron chi connectivity index (χ2n) is 8.73. The average Bonchev–Trinajstić information content (AvgIpc) is 3.59. The highest BCUT2D eigenvalue weighted by atomic mass is 16.5. The summed E-state index contributed by atoms with van der Waals surface area (Å²) in [5.41, 5.74) is 3.10. The molecule has 10 nitrogen and oxygen atoms in total. The molecule has 1 fully saturated rings. The molecule has 4 aromatic rings. The number of methoxy groups -OCH3 is 1. The quantitative estimate of drug-likeness (QED) is 0.220. The molecule has 5 rings (SSSR count). The second-order valence-corrected chi connectivity index (χ2v) is 8.73. The maximum Gasteiger partial charge on any atom is 0.373 e. The third-order valence-corrected chi connectivity index (χ3v) is 6.18. The SMILES string of the molecule is COC(=O)c1ccc(Cn2cc(/C=C3\NC(=O)N(CC(=O)Nc4ccccc4C)C3=O)c3ccccc32)o1. The van der Waals surface area contributed by atoms with Crippen LogP contribution in [0, 0.1) is 6.92 Å². The second kappa shape index (κ2) is 10.1. The number of ether oxygens (including phenoxy) is 1. The maximum atomic E-state index is 13.0. The lowest BCUT2D eigenvalue weighted by molar-refractivity contribution is -0.127. The van der Waals surface area contributed by atoms with Crippen LogP contribution in [0.1, 0.15) is 27.4 Å². The number of carbonyl (C=O) groups excluding carboxylic acids is 4. The molecule has 2 aromatic carbocycles. The molecule has 1 saturated heterocycles. The molecule has 192 valence electrons. The summed E-state index contributed by atoms with van der Waals surface area (Å²) in [7, 11) is 1.28. The Morgan fingerprint density at radius 3 is 2.61 bits per heavy atom. The summed E-state index contributed by atoms with van der Waals surface area (Å²) in [6.07, 6.45) is 3.41. The van der Waals surface area contributed by atoms with Crippen molar-refractivity contribution in [2.75, 3.05) is 19.0 Å². The van der Waals surface area contributed by atoms with Crippen LogP contribution in [0.4, 0.5) is 10.5 Å². The van der Waals surface area contributed by atoms with Gasteiger partial charge in [0, 0.05) is 28.4 Å². The van der Waals surface area contributed by atoms with Crippen LogP contribution in [-0.4, -0.2) is 46.9 Å². The van der Waals surface area contributed by atoms with Gasteiger partial charge in [-0.2, -0.15) is 0 Å². The highest BCUT2D eigenvalue weighted by molar-refractivity contribution is 6.16. The Hall–Kier alpha value is -5.12. The molecule has 0 unspecified atom stereocenters. The monoisotopic (exact) mass is 512 g/mol. The molecule has 1 aliphatic rings. The lowest BCUT2D eigenvalue weighted by Gasteiger charge is -2.13. The van der Waals surface area contributed by atoms with Gasteiger partial charge in [0.25, 0.3) is 5.91 Å². The normalized spacial score (nSPS) is 14.3. The van der Waals surface area contributed by atoms with Crippen LogP contribution in [0.15, 0.2) is 77.0 Å². The minimum Gasteiger partial charge on any atom is -0.463 e. The van der Waals surface area contributed by atoms with Crippen molar-refractivity contribution in [3.63, 3.8) is 0 Å². The van der Waals surface area contributed by atoms with E-state index < -0.39 is 30.4 Å². The smallest absolute Gasteiger partial charge is 0.373 e. The van der Waals surface area contributed by atoms with Gasteiger partial charge in [0.05, 0.1) is 13.7 Å². The number of para-hydroxylation sites is 2. The number of nitrogens with zero attached hydrogens (tertiary/aromatic N) is 2. The molecule has 4 amide bonds. The molecule has 2 N–H and O–H groups in total. The van der Waals surface area contributed by atoms with Crippen LogP contribution in [0.5, 0.6) is 0 Å². The van der Waals surface area contributed by atoms with Crippen LogP contribution in [0.2, 0.25) is 0 Å². The van der Waals surface area contributed by atoms with Gasteiger partial charge in [0.2, 0.25) is 11.7 Å². The number of esters is 1. The first-order valence-corrected chi connectivity index (χ1v) is 11.8. The summed E-state index contributed by atoms with van der Waals surface area (Å²) in [4.78, 5) is 50.7. The molecule has 0 atom stereocenters. The molecule has 3 heterocycles. The van der Waals surface area contributed by atoms with Crippen molar-refractivity contribution in [2.24, 2.45) is 0 Å². The van der Waals surface area contributed by atoms with Gasteiger partial charge in [-0.15, -0.1) is 0 Å². The van der Waals surface area contributed by atoms with E-state index in [1.807, 2.05) is 54.1 Å². The Labute approximate surface area is 217 Å². The maximum absolute atomic E-state index is 13.0. The van der Waals surface area contributed by atoms with Crippen LogP contribution in [0.25, 0.3) is 17.0 Å². The predicted molar refractivity (Wildman–Crippen MR) is 139 cm³/mol. The minimum absolute atomic E-state index is 0.0626. The number of hydrogen-bond donors (Lipinski definition) is 2. The summed E-state index contributed by atoms with van der Waals surface area (Å²) in [5, 5.41) is 6.15. The third-order valence-electron chi connectivity index (χ3n) is 6.18. The van der Waals surface area contributed by atoms with E-state index in [1.54, 1.807) is 30.3 Å². The standard InChI is InChI=1S/C28H24N4O6/c1-17-7-3-5-9-21(17)29-25(33)16-32-26(34)22(30-28(32)36)13-18-14-31(23-10-6-4-8-20(18)23)15-19-11-12-24(38-19)27(35)37-2/h3-14H,15-16H2,1-2H3,(H,29,33)(H,30,36)/b22-13-. The molecule has 0 spiro atoms. The number of furan rings is 1. The van der Waals surface area contributed by atoms with Gasteiger partial charge in [-0.1, -0.05) is 36.4 Å². The first-order valence-electron chi connectivity index (χ1n) is 11.8. The fraction of sp³-hybridized carbons (Fsp3) is 0.143. The van der Waals surface area contributed by atoms with Crippen molar-refractivity contribution in [1.82, 2.24) is 14.8 Å². The number of carbonyl (C=O) groups is 4. The van der Waals surface area contributed by atoms with E-state index in [2.05, 4.69) is 10.6 Å². The van der Waals surface area contributed by atoms with Crippen molar-refractivity contribution < 1.29 is 28.3 Å². The first kappa shape index (κ1) is 24.6. The van der Waals surface area contributed by atoms with Gasteiger partial charge < -0.3 is 24.4 Å². The van der Waals surface area contributed by atoms with Crippen LogP contribution in [-0.2, 0) is 20.9 Å². The molecule has 0 saturated carbocycles. The average molecular weight is 513 g/mol. The number of aromatic nitrogens is 1. The minimum atomic E-state index is -0.671. The lowest BCUT2D eigenvalue weighted by atomic mass is 10.1. The van der Waals surface area contributed by atoms with Crippen LogP contribution >= 0.6 is 0 Å². The molecule has 2 aromatic heterocycles. The number of amides is 4. The van der Waals surface area contributed by atoms with E-state index in [1.165, 1.54) is 7.11 Å². The van der Waals surface area contributed by atoms with Gasteiger partial charge in [-0.3, -0.25) is 9.59 Å². The highest BCUT2D eigenvalue weighted by Crippen LogP contribution is 2.26. The zero-order valence-electron chi connectivity index (χ0n) is 20.7. The Kier molecular flexibility index (Phi) is 6.53. The van der Waals surface area contributed by atoms with Crippen molar-refractivity contribution in [3.05, 3.63) is 95.2 Å². The topological polar surface area (TPSA) is 123 Å². The van der Waals surface area contributed by atoms with Gasteiger partial charge in [-0.25, -0.2) is 14.5 Å². The van der Waals surface area contributed by atoms with Crippen molar-refractivity contribution in [1.29, 1.82) is 0 Å². The van der Waals surface area contributed by atoms with Gasteiger partial charge in [-0.05, 0) is 42.8 Å². The van der Waals surface area contributed by atoms with E-state index in [4.69, 9.17) is 9.15 Å². The number of urea groups is 1. The van der Waals surface area contributed by atoms with Crippen molar-refractivity contribution in [3.8, 4) is 0 Å². The highest BCUT2D eigenvalue weighted by Gasteiger charge is 2.35. The molecule has 0 aliphatic carbocycles. The summed E-state index contributed by atoms with van der Waals surface area (Å²) in [6.45, 7) is 1.76. The van der Waals surface area contributed by atoms with E-state index in [0.29, 0.717) is 23.6 Å². The molecule has 0 bridgehead atoms. The summed E-state index contributed by atoms with van der Waals surface area (Å²) < 4.78 is 12.2. The number of hydrogen-bond acceptors (Lipinski definition) is 6. The number of anilines is 1. The number of benzene rings is 2. The van der Waals surface area contributed by atoms with E-state index >= 15 is 0 Å². The Bertz CT molecular complexity index is 1610. The molecular weight excluding hydrogens is 488 g/mol. The largest absolute Gasteiger partial charge is 0.463 e. The molecule has 1 aliphatic heterocycles. The summed E-state index contributed by atoms with van der Waals surface area (Å²) in [6, 6.07) is 17.4. The first-order chi connectivity index (χ1) is 18.3. The zero-order valence-corrected chi connectivity index (χ0v) is 20.7.